The van der Waals surface area contributed by atoms with Crippen LogP contribution in [0, 0.1) is 0 Å². The molecule has 1 fully saturated rings. The monoisotopic (exact) mass is 334 g/mol. The van der Waals surface area contributed by atoms with Crippen LogP contribution in [0.5, 0.6) is 0 Å². The summed E-state index contributed by atoms with van der Waals surface area (Å²) in [6, 6.07) is 11.8. The van der Waals surface area contributed by atoms with E-state index in [9.17, 15) is 4.79 Å². The first-order valence-corrected chi connectivity index (χ1v) is 7.24. The van der Waals surface area contributed by atoms with E-state index in [0.29, 0.717) is 13.0 Å². The highest BCUT2D eigenvalue weighted by molar-refractivity contribution is 9.10. The number of nitrogens with one attached hydrogen (secondary N) is 1. The molecule has 2 aromatic carbocycles. The Morgan fingerprint density at radius 1 is 1.25 bits per heavy atom. The van der Waals surface area contributed by atoms with Crippen LogP contribution in [0.1, 0.15) is 6.42 Å². The number of rotatable bonds is 2. The topological polar surface area (TPSA) is 64.4 Å². The minimum Gasteiger partial charge on any atom is -0.379 e. The second kappa shape index (κ2) is 5.16. The SMILES string of the molecule is NC1(C(=O)Nc2ccc3cc(Br)ccc3c2)CCOC1. The smallest absolute Gasteiger partial charge is 0.246 e. The van der Waals surface area contributed by atoms with E-state index >= 15 is 0 Å². The summed E-state index contributed by atoms with van der Waals surface area (Å²) < 4.78 is 6.24. The fraction of sp³-hybridized carbons (Fsp3) is 0.267. The first kappa shape index (κ1) is 13.5. The van der Waals surface area contributed by atoms with Crippen LogP contribution >= 0.6 is 15.9 Å². The van der Waals surface area contributed by atoms with Gasteiger partial charge in [0, 0.05) is 16.8 Å². The summed E-state index contributed by atoms with van der Waals surface area (Å²) in [5.41, 5.74) is 5.88. The van der Waals surface area contributed by atoms with Crippen LogP contribution in [-0.2, 0) is 9.53 Å². The number of carbonyl (C=O) groups is 1. The van der Waals surface area contributed by atoms with Gasteiger partial charge < -0.3 is 15.8 Å². The molecule has 0 saturated carbocycles. The highest BCUT2D eigenvalue weighted by atomic mass is 79.9. The highest BCUT2D eigenvalue weighted by Gasteiger charge is 2.38. The van der Waals surface area contributed by atoms with Gasteiger partial charge in [0.05, 0.1) is 6.61 Å². The molecule has 3 N–H and O–H groups in total. The van der Waals surface area contributed by atoms with Crippen LogP contribution in [0.3, 0.4) is 0 Å². The Kier molecular flexibility index (Phi) is 3.50. The van der Waals surface area contributed by atoms with E-state index in [-0.39, 0.29) is 12.5 Å². The summed E-state index contributed by atoms with van der Waals surface area (Å²) in [5.74, 6) is -0.188. The third-order valence-electron chi connectivity index (χ3n) is 3.56. The first-order valence-electron chi connectivity index (χ1n) is 6.44. The van der Waals surface area contributed by atoms with Gasteiger partial charge in [0.25, 0.3) is 0 Å². The third kappa shape index (κ3) is 2.57. The fourth-order valence-electron chi connectivity index (χ4n) is 2.31. The molecule has 1 aliphatic heterocycles. The number of halogens is 1. The molecule has 0 aromatic heterocycles. The van der Waals surface area contributed by atoms with Gasteiger partial charge >= 0.3 is 0 Å². The maximum Gasteiger partial charge on any atom is 0.246 e. The number of benzene rings is 2. The van der Waals surface area contributed by atoms with Crippen LogP contribution in [0.15, 0.2) is 40.9 Å². The molecule has 3 rings (SSSR count). The maximum atomic E-state index is 12.2. The van der Waals surface area contributed by atoms with E-state index in [2.05, 4.69) is 21.2 Å². The van der Waals surface area contributed by atoms with Gasteiger partial charge in [-0.05, 0) is 41.5 Å². The average molecular weight is 335 g/mol. The van der Waals surface area contributed by atoms with Crippen LogP contribution < -0.4 is 11.1 Å². The molecule has 1 aliphatic rings. The van der Waals surface area contributed by atoms with Crippen molar-refractivity contribution in [2.45, 2.75) is 12.0 Å². The predicted octanol–water partition coefficient (Wildman–Crippen LogP) is 2.66. The van der Waals surface area contributed by atoms with E-state index in [1.165, 1.54) is 0 Å². The van der Waals surface area contributed by atoms with Crippen LogP contribution in [0.2, 0.25) is 0 Å². The van der Waals surface area contributed by atoms with Crippen molar-refractivity contribution in [1.29, 1.82) is 0 Å². The normalized spacial score (nSPS) is 22.1. The fourth-order valence-corrected chi connectivity index (χ4v) is 2.69. The number of carbonyl (C=O) groups excluding carboxylic acids is 1. The molecule has 1 amide bonds. The summed E-state index contributed by atoms with van der Waals surface area (Å²) in [6.07, 6.45) is 0.555. The summed E-state index contributed by atoms with van der Waals surface area (Å²) in [5, 5.41) is 5.06. The first-order chi connectivity index (χ1) is 9.57. The molecule has 5 heteroatoms. The van der Waals surface area contributed by atoms with Gasteiger partial charge in [0.15, 0.2) is 0 Å². The van der Waals surface area contributed by atoms with Crippen molar-refractivity contribution < 1.29 is 9.53 Å². The standard InChI is InChI=1S/C15H15BrN2O2/c16-12-3-1-11-8-13(4-2-10(11)7-12)18-14(19)15(17)5-6-20-9-15/h1-4,7-8H,5-6,9,17H2,(H,18,19). The van der Waals surface area contributed by atoms with Gasteiger partial charge in [-0.15, -0.1) is 0 Å². The van der Waals surface area contributed by atoms with E-state index in [4.69, 9.17) is 10.5 Å². The molecule has 1 saturated heterocycles. The maximum absolute atomic E-state index is 12.2. The minimum atomic E-state index is -0.908. The average Bonchev–Trinajstić information content (AvgIpc) is 2.87. The van der Waals surface area contributed by atoms with Gasteiger partial charge in [-0.25, -0.2) is 0 Å². The van der Waals surface area contributed by atoms with E-state index in [0.717, 1.165) is 20.9 Å². The number of ether oxygens (including phenoxy) is 1. The molecule has 1 heterocycles. The lowest BCUT2D eigenvalue weighted by molar-refractivity contribution is -0.121. The molecule has 0 radical (unpaired) electrons. The highest BCUT2D eigenvalue weighted by Crippen LogP contribution is 2.24. The lowest BCUT2D eigenvalue weighted by Gasteiger charge is -2.20. The molecular formula is C15H15BrN2O2. The minimum absolute atomic E-state index is 0.188. The molecule has 0 aliphatic carbocycles. The Bertz CT molecular complexity index is 666. The van der Waals surface area contributed by atoms with Crippen molar-refractivity contribution in [3.05, 3.63) is 40.9 Å². The number of amides is 1. The number of hydrogen-bond donors (Lipinski definition) is 2. The Balaban J connectivity index is 1.84. The quantitative estimate of drug-likeness (QED) is 0.887. The predicted molar refractivity (Wildman–Crippen MR) is 82.6 cm³/mol. The van der Waals surface area contributed by atoms with E-state index < -0.39 is 5.54 Å². The number of hydrogen-bond acceptors (Lipinski definition) is 3. The second-order valence-corrected chi connectivity index (χ2v) is 6.03. The molecule has 1 unspecified atom stereocenters. The van der Waals surface area contributed by atoms with E-state index in [1.54, 1.807) is 0 Å². The van der Waals surface area contributed by atoms with Gasteiger partial charge in [-0.3, -0.25) is 4.79 Å². The molecule has 1 atom stereocenters. The molecule has 2 aromatic rings. The molecular weight excluding hydrogens is 320 g/mol. The van der Waals surface area contributed by atoms with Gasteiger partial charge in [0.1, 0.15) is 5.54 Å². The van der Waals surface area contributed by atoms with Gasteiger partial charge in [-0.1, -0.05) is 28.1 Å². The largest absolute Gasteiger partial charge is 0.379 e. The number of nitrogens with two attached hydrogens (primary N) is 1. The van der Waals surface area contributed by atoms with Crippen LogP contribution in [0.4, 0.5) is 5.69 Å². The van der Waals surface area contributed by atoms with E-state index in [1.807, 2.05) is 36.4 Å². The molecule has 0 bridgehead atoms. The summed E-state index contributed by atoms with van der Waals surface area (Å²) in [6.45, 7) is 0.815. The Morgan fingerprint density at radius 3 is 2.75 bits per heavy atom. The van der Waals surface area contributed by atoms with Crippen LogP contribution in [0.25, 0.3) is 10.8 Å². The second-order valence-electron chi connectivity index (χ2n) is 5.12. The molecule has 4 nitrogen and oxygen atoms in total. The van der Waals surface area contributed by atoms with Crippen molar-refractivity contribution in [3.8, 4) is 0 Å². The molecule has 104 valence electrons. The molecule has 0 spiro atoms. The Labute approximate surface area is 125 Å². The van der Waals surface area contributed by atoms with Gasteiger partial charge in [-0.2, -0.15) is 0 Å². The zero-order valence-corrected chi connectivity index (χ0v) is 12.4. The summed E-state index contributed by atoms with van der Waals surface area (Å²) in [4.78, 5) is 12.2. The van der Waals surface area contributed by atoms with Crippen molar-refractivity contribution in [2.75, 3.05) is 18.5 Å². The number of anilines is 1. The lowest BCUT2D eigenvalue weighted by atomic mass is 9.99. The van der Waals surface area contributed by atoms with Gasteiger partial charge in [0.2, 0.25) is 5.91 Å². The summed E-state index contributed by atoms with van der Waals surface area (Å²) in [7, 11) is 0. The van der Waals surface area contributed by atoms with Crippen molar-refractivity contribution >= 4 is 38.3 Å². The summed E-state index contributed by atoms with van der Waals surface area (Å²) >= 11 is 3.44. The molecule has 20 heavy (non-hydrogen) atoms. The Hall–Kier alpha value is -1.43. The lowest BCUT2D eigenvalue weighted by Crippen LogP contribution is -2.51. The van der Waals surface area contributed by atoms with Crippen molar-refractivity contribution in [1.82, 2.24) is 0 Å². The Morgan fingerprint density at radius 2 is 2.00 bits per heavy atom. The van der Waals surface area contributed by atoms with Crippen LogP contribution in [-0.4, -0.2) is 24.7 Å². The zero-order valence-electron chi connectivity index (χ0n) is 10.9. The zero-order chi connectivity index (χ0) is 14.2. The third-order valence-corrected chi connectivity index (χ3v) is 4.06. The van der Waals surface area contributed by atoms with Crippen molar-refractivity contribution in [3.63, 3.8) is 0 Å². The number of fused-ring (bicyclic) bond motifs is 1. The van der Waals surface area contributed by atoms with Crippen molar-refractivity contribution in [2.24, 2.45) is 5.73 Å².